The van der Waals surface area contributed by atoms with Crippen LogP contribution in [0.3, 0.4) is 0 Å². The molecule has 0 N–H and O–H groups in total. The molecule has 4 heteroatoms. The van der Waals surface area contributed by atoms with Crippen molar-refractivity contribution < 1.29 is 17.1 Å². The van der Waals surface area contributed by atoms with Crippen LogP contribution in [0.2, 0.25) is 0 Å². The molecule has 0 radical (unpaired) electrons. The van der Waals surface area contributed by atoms with E-state index in [1.165, 1.54) is 0 Å². The number of hydrogen-bond acceptors (Lipinski definition) is 1. The van der Waals surface area contributed by atoms with Gasteiger partial charge in [-0.2, -0.15) is 0 Å². The topological polar surface area (TPSA) is 23.1 Å². The van der Waals surface area contributed by atoms with E-state index in [0.717, 1.165) is 0 Å². The number of hydrogen-bond donors (Lipinski definition) is 0. The van der Waals surface area contributed by atoms with Crippen LogP contribution in [0.4, 0.5) is 0 Å². The van der Waals surface area contributed by atoms with Gasteiger partial charge in [0.25, 0.3) is 0 Å². The Bertz CT molecular complexity index is 6.00. The predicted octanol–water partition coefficient (Wildman–Crippen LogP) is -3.88. The van der Waals surface area contributed by atoms with Crippen molar-refractivity contribution in [3.05, 3.63) is 0 Å². The third-order valence-corrected chi connectivity index (χ3v) is 0. The summed E-state index contributed by atoms with van der Waals surface area (Å²) in [6, 6.07) is 0. The summed E-state index contributed by atoms with van der Waals surface area (Å²) < 4.78 is 7.72. The van der Waals surface area contributed by atoms with Crippen molar-refractivity contribution in [2.75, 3.05) is 0 Å². The normalized spacial score (nSPS) is 1.50. The summed E-state index contributed by atoms with van der Waals surface area (Å²) in [7, 11) is 0. The SMILES string of the molecule is [Ba+2].[Cl-].[O-]Cl. The standard InChI is InChI=1S/Ba.ClO.ClH/c;1-2;/h;;1H/q+2;-1;/p-1. The summed E-state index contributed by atoms with van der Waals surface area (Å²) in [5.74, 6) is 0. The van der Waals surface area contributed by atoms with Crippen LogP contribution in [0, 0.1) is 0 Å². The monoisotopic (exact) mass is 224 g/mol. The zero-order chi connectivity index (χ0) is 2.00. The van der Waals surface area contributed by atoms with Gasteiger partial charge in [-0.05, 0) is 0 Å². The average Bonchev–Trinajstić information content (AvgIpc) is 1.00. The van der Waals surface area contributed by atoms with Crippen molar-refractivity contribution in [3.8, 4) is 0 Å². The average molecular weight is 224 g/mol. The Morgan fingerprint density at radius 1 is 1.25 bits per heavy atom. The van der Waals surface area contributed by atoms with E-state index < -0.39 is 0 Å². The van der Waals surface area contributed by atoms with E-state index in [1.807, 2.05) is 0 Å². The molecule has 0 aliphatic carbocycles. The van der Waals surface area contributed by atoms with Gasteiger partial charge >= 0.3 is 48.9 Å². The first-order valence-electron chi connectivity index (χ1n) is 0.154. The van der Waals surface area contributed by atoms with Gasteiger partial charge in [-0.3, -0.25) is 0 Å². The van der Waals surface area contributed by atoms with Crippen LogP contribution < -0.4 is 17.1 Å². The molecule has 4 heavy (non-hydrogen) atoms. The molecule has 0 bridgehead atoms. The smallest absolute Gasteiger partial charge is 1.00 e. The first kappa shape index (κ1) is 16.5. The van der Waals surface area contributed by atoms with Gasteiger partial charge in [0.1, 0.15) is 0 Å². The molecule has 0 aromatic carbocycles. The molecule has 0 atom stereocenters. The summed E-state index contributed by atoms with van der Waals surface area (Å²) in [4.78, 5) is 0. The summed E-state index contributed by atoms with van der Waals surface area (Å²) >= 11 is 3.39. The van der Waals surface area contributed by atoms with Gasteiger partial charge in [0.2, 0.25) is 0 Å². The molecule has 0 aromatic heterocycles. The van der Waals surface area contributed by atoms with Crippen LogP contribution in [0.25, 0.3) is 0 Å². The van der Waals surface area contributed by atoms with Crippen LogP contribution in [0.1, 0.15) is 0 Å². The molecule has 0 aliphatic rings. The zero-order valence-corrected chi connectivity index (χ0v) is 7.82. The summed E-state index contributed by atoms with van der Waals surface area (Å²) in [5, 5.41) is 0. The van der Waals surface area contributed by atoms with Crippen molar-refractivity contribution in [1.82, 2.24) is 0 Å². The van der Waals surface area contributed by atoms with Gasteiger partial charge in [0.05, 0.1) is 0 Å². The zero-order valence-electron chi connectivity index (χ0n) is 1.87. The molecule has 1 nitrogen and oxygen atoms in total. The second-order valence-electron chi connectivity index (χ2n) is 0. The van der Waals surface area contributed by atoms with Gasteiger partial charge in [-0.15, -0.1) is 0 Å². The Morgan fingerprint density at radius 2 is 1.25 bits per heavy atom. The Morgan fingerprint density at radius 3 is 1.25 bits per heavy atom. The van der Waals surface area contributed by atoms with Crippen molar-refractivity contribution in [2.24, 2.45) is 0 Å². The Labute approximate surface area is 76.4 Å². The van der Waals surface area contributed by atoms with E-state index in [9.17, 15) is 0 Å². The van der Waals surface area contributed by atoms with Crippen LogP contribution >= 0.6 is 11.9 Å². The van der Waals surface area contributed by atoms with Gasteiger partial charge in [0, 0.05) is 0 Å². The molecule has 22 valence electrons. The maximum Gasteiger partial charge on any atom is 2.00 e. The minimum absolute atomic E-state index is 0. The van der Waals surface area contributed by atoms with Crippen LogP contribution in [-0.2, 0) is 0 Å². The fraction of sp³-hybridized carbons (Fsp3) is 0. The molecule has 0 fully saturated rings. The second-order valence-corrected chi connectivity index (χ2v) is 0. The quantitative estimate of drug-likeness (QED) is 0.386. The van der Waals surface area contributed by atoms with Gasteiger partial charge in [0.15, 0.2) is 0 Å². The molecular weight excluding hydrogens is 224 g/mol. The molecule has 0 spiro atoms. The minimum atomic E-state index is 0. The van der Waals surface area contributed by atoms with Gasteiger partial charge < -0.3 is 17.1 Å². The molecule has 0 rings (SSSR count). The molecule has 0 saturated carbocycles. The fourth-order valence-electron chi connectivity index (χ4n) is 0. The number of rotatable bonds is 0. The van der Waals surface area contributed by atoms with Gasteiger partial charge in [-0.1, -0.05) is 0 Å². The molecule has 0 saturated heterocycles. The minimum Gasteiger partial charge on any atom is -1.00 e. The van der Waals surface area contributed by atoms with Crippen LogP contribution in [-0.4, -0.2) is 48.9 Å². The summed E-state index contributed by atoms with van der Waals surface area (Å²) in [6.07, 6.45) is 0. The van der Waals surface area contributed by atoms with E-state index >= 15 is 0 Å². The molecule has 0 heterocycles. The Hall–Kier alpha value is 2.11. The van der Waals surface area contributed by atoms with Crippen molar-refractivity contribution >= 4 is 60.7 Å². The largest absolute Gasteiger partial charge is 2.00 e. The first-order valence-corrected chi connectivity index (χ1v) is 0.463. The van der Waals surface area contributed by atoms with Crippen LogP contribution in [0.15, 0.2) is 0 Å². The van der Waals surface area contributed by atoms with Crippen molar-refractivity contribution in [1.29, 1.82) is 0 Å². The molecular formula is BaCl2O. The maximum absolute atomic E-state index is 7.72. The Balaban J connectivity index is -0.00000000500. The molecule has 0 amide bonds. The second kappa shape index (κ2) is 19.4. The number of halogens is 2. The summed E-state index contributed by atoms with van der Waals surface area (Å²) in [6.45, 7) is 0. The van der Waals surface area contributed by atoms with Gasteiger partial charge in [-0.25, -0.2) is 11.9 Å². The van der Waals surface area contributed by atoms with E-state index in [2.05, 4.69) is 11.9 Å². The van der Waals surface area contributed by atoms with Crippen molar-refractivity contribution in [2.45, 2.75) is 0 Å². The van der Waals surface area contributed by atoms with E-state index in [-0.39, 0.29) is 61.3 Å². The van der Waals surface area contributed by atoms with Crippen molar-refractivity contribution in [3.63, 3.8) is 0 Å². The molecule has 0 aromatic rings. The fourth-order valence-corrected chi connectivity index (χ4v) is 0. The summed E-state index contributed by atoms with van der Waals surface area (Å²) in [5.41, 5.74) is 0. The maximum atomic E-state index is 7.72. The third kappa shape index (κ3) is 8.93. The third-order valence-electron chi connectivity index (χ3n) is 0. The Kier molecular flexibility index (Phi) is 79.9. The first-order chi connectivity index (χ1) is 1.00. The van der Waals surface area contributed by atoms with E-state index in [1.54, 1.807) is 0 Å². The van der Waals surface area contributed by atoms with E-state index in [4.69, 9.17) is 4.66 Å². The van der Waals surface area contributed by atoms with E-state index in [0.29, 0.717) is 0 Å². The molecule has 0 unspecified atom stereocenters. The predicted molar refractivity (Wildman–Crippen MR) is 11.6 cm³/mol. The molecule has 0 aliphatic heterocycles. The van der Waals surface area contributed by atoms with Crippen LogP contribution in [0.5, 0.6) is 0 Å².